The first-order chi connectivity index (χ1) is 13.5. The Balaban J connectivity index is 1.77. The number of piperidine rings is 1. The molecule has 1 amide bonds. The van der Waals surface area contributed by atoms with Gasteiger partial charge in [-0.2, -0.15) is 0 Å². The summed E-state index contributed by atoms with van der Waals surface area (Å²) in [5, 5.41) is 7.72. The molecule has 0 atom stereocenters. The zero-order valence-electron chi connectivity index (χ0n) is 15.4. The van der Waals surface area contributed by atoms with Crippen LogP contribution in [0.4, 0.5) is 0 Å². The van der Waals surface area contributed by atoms with Gasteiger partial charge in [-0.25, -0.2) is 0 Å². The van der Waals surface area contributed by atoms with Crippen molar-refractivity contribution in [2.75, 3.05) is 13.1 Å². The summed E-state index contributed by atoms with van der Waals surface area (Å²) >= 11 is 12.7. The second-order valence-corrected chi connectivity index (χ2v) is 9.63. The minimum atomic E-state index is -0.177. The molecule has 2 aromatic heterocycles. The first kappa shape index (κ1) is 19.7. The molecule has 1 aromatic carbocycles. The van der Waals surface area contributed by atoms with Gasteiger partial charge in [0, 0.05) is 0 Å². The maximum atomic E-state index is 13.0. The fraction of sp³-hybridized carbons (Fsp3) is 0.300. The summed E-state index contributed by atoms with van der Waals surface area (Å²) in [6.07, 6.45) is 3.41. The predicted molar refractivity (Wildman–Crippen MR) is 114 cm³/mol. The summed E-state index contributed by atoms with van der Waals surface area (Å²) in [6, 6.07) is 9.44. The normalized spacial score (nSPS) is 15.0. The molecule has 1 aliphatic rings. The summed E-state index contributed by atoms with van der Waals surface area (Å²) in [7, 11) is 0. The Kier molecular flexibility index (Phi) is 5.95. The summed E-state index contributed by atoms with van der Waals surface area (Å²) in [6.45, 7) is 3.70. The van der Waals surface area contributed by atoms with Crippen LogP contribution < -0.4 is 5.43 Å². The number of carbonyl (C=O) groups excluding carboxylic acids is 1. The van der Waals surface area contributed by atoms with E-state index in [-0.39, 0.29) is 20.4 Å². The molecule has 1 saturated heterocycles. The summed E-state index contributed by atoms with van der Waals surface area (Å²) < 4.78 is 2.94. The van der Waals surface area contributed by atoms with Crippen molar-refractivity contribution in [2.45, 2.75) is 26.2 Å². The number of nitrogens with zero attached hydrogens (tertiary/aromatic N) is 3. The summed E-state index contributed by atoms with van der Waals surface area (Å²) in [4.78, 5) is 15.1. The topological polar surface area (TPSA) is 50.2 Å². The number of hydrogen-bond acceptors (Lipinski definition) is 3. The van der Waals surface area contributed by atoms with Gasteiger partial charge in [0.15, 0.2) is 0 Å². The summed E-state index contributed by atoms with van der Waals surface area (Å²) in [5.74, 6) is -0.177. The number of benzene rings is 1. The Morgan fingerprint density at radius 2 is 1.96 bits per heavy atom. The van der Waals surface area contributed by atoms with Crippen molar-refractivity contribution in [3.63, 3.8) is 0 Å². The van der Waals surface area contributed by atoms with Crippen molar-refractivity contribution < 1.29 is 4.79 Å². The van der Waals surface area contributed by atoms with E-state index in [0.717, 1.165) is 37.2 Å². The van der Waals surface area contributed by atoms with Gasteiger partial charge in [-0.3, -0.25) is 0 Å². The minimum absolute atomic E-state index is 0.177. The van der Waals surface area contributed by atoms with Crippen LogP contribution in [0.1, 0.15) is 35.3 Å². The second kappa shape index (κ2) is 8.44. The zero-order valence-corrected chi connectivity index (χ0v) is 18.6. The standard InChI is InChI=1S/C20H20Cl2N4OSe/c1-13-18(20(27)24-25-9-3-2-4-10-25)23-26(19(13)17-6-5-11-28-17)16-8-7-14(21)12-15(16)22/h5-8,11-12H,2-4,9-10H2,1H3,(H,24,27). The van der Waals surface area contributed by atoms with Gasteiger partial charge in [0.2, 0.25) is 0 Å². The van der Waals surface area contributed by atoms with E-state index < -0.39 is 0 Å². The first-order valence-corrected chi connectivity index (χ1v) is 11.8. The van der Waals surface area contributed by atoms with Crippen LogP contribution in [0.15, 0.2) is 35.3 Å². The van der Waals surface area contributed by atoms with E-state index in [2.05, 4.69) is 21.5 Å². The molecule has 28 heavy (non-hydrogen) atoms. The van der Waals surface area contributed by atoms with Crippen LogP contribution in [-0.2, 0) is 0 Å². The van der Waals surface area contributed by atoms with E-state index in [4.69, 9.17) is 23.2 Å². The van der Waals surface area contributed by atoms with Gasteiger partial charge in [0.1, 0.15) is 0 Å². The van der Waals surface area contributed by atoms with Gasteiger partial charge in [0.05, 0.1) is 0 Å². The number of rotatable bonds is 4. The molecule has 0 aliphatic carbocycles. The molecule has 1 fully saturated rings. The number of amides is 1. The molecule has 8 heteroatoms. The third kappa shape index (κ3) is 3.93. The third-order valence-electron chi connectivity index (χ3n) is 4.85. The number of halogens is 2. The molecule has 146 valence electrons. The molecule has 5 nitrogen and oxygen atoms in total. The maximum absolute atomic E-state index is 13.0. The van der Waals surface area contributed by atoms with Gasteiger partial charge >= 0.3 is 180 Å². The van der Waals surface area contributed by atoms with Crippen LogP contribution in [0.2, 0.25) is 10.0 Å². The third-order valence-corrected chi connectivity index (χ3v) is 7.22. The average molecular weight is 482 g/mol. The molecule has 4 rings (SSSR count). The first-order valence-electron chi connectivity index (χ1n) is 9.19. The molecule has 0 bridgehead atoms. The van der Waals surface area contributed by atoms with Crippen LogP contribution in [-0.4, -0.2) is 48.3 Å². The van der Waals surface area contributed by atoms with Crippen LogP contribution in [0.5, 0.6) is 0 Å². The van der Waals surface area contributed by atoms with Crippen molar-refractivity contribution in [3.8, 4) is 15.8 Å². The van der Waals surface area contributed by atoms with Crippen molar-refractivity contribution in [1.29, 1.82) is 0 Å². The fourth-order valence-electron chi connectivity index (χ4n) is 3.44. The van der Waals surface area contributed by atoms with Gasteiger partial charge in [0.25, 0.3) is 0 Å². The van der Waals surface area contributed by atoms with Gasteiger partial charge in [-0.1, -0.05) is 0 Å². The van der Waals surface area contributed by atoms with E-state index >= 15 is 0 Å². The monoisotopic (exact) mass is 482 g/mol. The van der Waals surface area contributed by atoms with E-state index in [0.29, 0.717) is 21.4 Å². The SMILES string of the molecule is Cc1c(C(=O)NN2CCCCC2)nn(-c2ccc(Cl)cc2Cl)c1-c1ccc[se]1. The van der Waals surface area contributed by atoms with E-state index in [9.17, 15) is 4.79 Å². The van der Waals surface area contributed by atoms with E-state index in [1.165, 1.54) is 10.9 Å². The molecule has 3 aromatic rings. The van der Waals surface area contributed by atoms with Crippen molar-refractivity contribution >= 4 is 43.6 Å². The quantitative estimate of drug-likeness (QED) is 0.563. The Morgan fingerprint density at radius 3 is 2.64 bits per heavy atom. The van der Waals surface area contributed by atoms with Crippen LogP contribution in [0.3, 0.4) is 0 Å². The van der Waals surface area contributed by atoms with E-state index in [1.807, 2.05) is 24.1 Å². The van der Waals surface area contributed by atoms with Crippen LogP contribution in [0.25, 0.3) is 15.8 Å². The number of hydrogen-bond donors (Lipinski definition) is 1. The summed E-state index contributed by atoms with van der Waals surface area (Å²) in [5.41, 5.74) is 5.94. The fourth-order valence-corrected chi connectivity index (χ4v) is 5.64. The van der Waals surface area contributed by atoms with Crippen LogP contribution >= 0.6 is 23.2 Å². The number of hydrazine groups is 1. The number of carbonyl (C=O) groups is 1. The molecule has 3 heterocycles. The van der Waals surface area contributed by atoms with Crippen molar-refractivity contribution in [1.82, 2.24) is 20.2 Å². The molecule has 0 radical (unpaired) electrons. The molecule has 0 unspecified atom stereocenters. The Morgan fingerprint density at radius 1 is 1.18 bits per heavy atom. The molecule has 1 aliphatic heterocycles. The molecule has 0 spiro atoms. The van der Waals surface area contributed by atoms with Crippen molar-refractivity contribution in [3.05, 3.63) is 56.6 Å². The van der Waals surface area contributed by atoms with Crippen LogP contribution in [0, 0.1) is 6.92 Å². The Hall–Kier alpha value is -1.56. The van der Waals surface area contributed by atoms with Gasteiger partial charge < -0.3 is 0 Å². The average Bonchev–Trinajstić information content (AvgIpc) is 3.30. The van der Waals surface area contributed by atoms with Gasteiger partial charge in [-0.15, -0.1) is 0 Å². The van der Waals surface area contributed by atoms with Crippen molar-refractivity contribution in [2.24, 2.45) is 0 Å². The molecular weight excluding hydrogens is 462 g/mol. The molecule has 1 N–H and O–H groups in total. The molecular formula is C20H20Cl2N4OSe. The number of aromatic nitrogens is 2. The van der Waals surface area contributed by atoms with Gasteiger partial charge in [-0.05, 0) is 0 Å². The van der Waals surface area contributed by atoms with E-state index in [1.54, 1.807) is 16.8 Å². The molecule has 0 saturated carbocycles. The Labute approximate surface area is 180 Å². The zero-order chi connectivity index (χ0) is 19.7. The Bertz CT molecular complexity index is 994. The predicted octanol–water partition coefficient (Wildman–Crippen LogP) is 4.34. The number of nitrogens with one attached hydrogen (secondary N) is 1. The second-order valence-electron chi connectivity index (χ2n) is 6.80.